The molecule has 1 heterocycles. The molecule has 0 bridgehead atoms. The summed E-state index contributed by atoms with van der Waals surface area (Å²) in [5, 5.41) is 10.00. The van der Waals surface area contributed by atoms with E-state index in [1.165, 1.54) is 38.5 Å². The van der Waals surface area contributed by atoms with Crippen molar-refractivity contribution in [3.63, 3.8) is 0 Å². The summed E-state index contributed by atoms with van der Waals surface area (Å²) in [6, 6.07) is 0. The van der Waals surface area contributed by atoms with Gasteiger partial charge >= 0.3 is 0 Å². The monoisotopic (exact) mass is 228 g/mol. The molecule has 0 aromatic carbocycles. The molecule has 2 atom stereocenters. The number of hydrogen-bond donors (Lipinski definition) is 1. The number of rotatable bonds is 8. The Morgan fingerprint density at radius 3 is 2.62 bits per heavy atom. The Hall–Kier alpha value is -0.0800. The number of ether oxygens (including phenoxy) is 1. The first kappa shape index (κ1) is 14.0. The van der Waals surface area contributed by atoms with Gasteiger partial charge in [0.25, 0.3) is 0 Å². The van der Waals surface area contributed by atoms with Gasteiger partial charge in [-0.2, -0.15) is 0 Å². The Morgan fingerprint density at radius 2 is 1.94 bits per heavy atom. The number of unbranched alkanes of at least 4 members (excludes halogenated alkanes) is 5. The third-order valence-corrected chi connectivity index (χ3v) is 3.59. The molecule has 1 N–H and O–H groups in total. The maximum absolute atomic E-state index is 10.00. The van der Waals surface area contributed by atoms with Crippen molar-refractivity contribution in [1.82, 2.24) is 0 Å². The van der Waals surface area contributed by atoms with Gasteiger partial charge in [-0.1, -0.05) is 45.4 Å². The third-order valence-electron chi connectivity index (χ3n) is 3.59. The van der Waals surface area contributed by atoms with E-state index in [0.29, 0.717) is 5.92 Å². The molecule has 1 fully saturated rings. The molecule has 2 nitrogen and oxygen atoms in total. The molecule has 0 amide bonds. The largest absolute Gasteiger partial charge is 0.393 e. The molecule has 2 heteroatoms. The molecule has 16 heavy (non-hydrogen) atoms. The van der Waals surface area contributed by atoms with Crippen LogP contribution in [0.15, 0.2) is 0 Å². The Bertz CT molecular complexity index is 153. The van der Waals surface area contributed by atoms with E-state index in [-0.39, 0.29) is 6.10 Å². The second-order valence-corrected chi connectivity index (χ2v) is 5.10. The minimum atomic E-state index is -0.119. The Morgan fingerprint density at radius 1 is 1.19 bits per heavy atom. The molecule has 0 spiro atoms. The molecule has 96 valence electrons. The summed E-state index contributed by atoms with van der Waals surface area (Å²) in [6.07, 6.45) is 11.0. The normalized spacial score (nSPS) is 23.2. The minimum Gasteiger partial charge on any atom is -0.393 e. The van der Waals surface area contributed by atoms with E-state index in [1.54, 1.807) is 0 Å². The van der Waals surface area contributed by atoms with Gasteiger partial charge in [-0.05, 0) is 19.3 Å². The minimum absolute atomic E-state index is 0.119. The van der Waals surface area contributed by atoms with Crippen molar-refractivity contribution in [1.29, 1.82) is 0 Å². The molecule has 1 aliphatic heterocycles. The molecular weight excluding hydrogens is 200 g/mol. The Kier molecular flexibility index (Phi) is 7.87. The van der Waals surface area contributed by atoms with Gasteiger partial charge < -0.3 is 9.84 Å². The van der Waals surface area contributed by atoms with Crippen LogP contribution in [0.2, 0.25) is 0 Å². The van der Waals surface area contributed by atoms with Crippen molar-refractivity contribution in [2.75, 3.05) is 13.2 Å². The predicted molar refractivity (Wildman–Crippen MR) is 67.5 cm³/mol. The standard InChI is InChI=1S/C14H28O2/c1-2-3-4-5-6-7-10-14(15)13-9-8-11-16-12-13/h13-15H,2-12H2,1H3. The first-order valence-electron chi connectivity index (χ1n) is 7.10. The number of aliphatic hydroxyl groups excluding tert-OH is 1. The van der Waals surface area contributed by atoms with Gasteiger partial charge in [0.2, 0.25) is 0 Å². The highest BCUT2D eigenvalue weighted by Crippen LogP contribution is 2.21. The van der Waals surface area contributed by atoms with Gasteiger partial charge in [-0.3, -0.25) is 0 Å². The van der Waals surface area contributed by atoms with Crippen LogP contribution in [-0.2, 0) is 4.74 Å². The lowest BCUT2D eigenvalue weighted by atomic mass is 9.92. The predicted octanol–water partition coefficient (Wildman–Crippen LogP) is 3.52. The second kappa shape index (κ2) is 9.00. The van der Waals surface area contributed by atoms with Crippen LogP contribution in [0.3, 0.4) is 0 Å². The quantitative estimate of drug-likeness (QED) is 0.644. The first-order chi connectivity index (χ1) is 7.84. The maximum atomic E-state index is 10.00. The molecule has 0 saturated carbocycles. The molecule has 0 radical (unpaired) electrons. The highest BCUT2D eigenvalue weighted by Gasteiger charge is 2.21. The molecule has 0 aromatic heterocycles. The van der Waals surface area contributed by atoms with Crippen molar-refractivity contribution < 1.29 is 9.84 Å². The molecular formula is C14H28O2. The zero-order chi connectivity index (χ0) is 11.6. The van der Waals surface area contributed by atoms with Crippen molar-refractivity contribution >= 4 is 0 Å². The average Bonchev–Trinajstić information content (AvgIpc) is 2.34. The highest BCUT2D eigenvalue weighted by atomic mass is 16.5. The fourth-order valence-electron chi connectivity index (χ4n) is 2.44. The Balaban J connectivity index is 1.94. The van der Waals surface area contributed by atoms with E-state index in [0.717, 1.165) is 32.5 Å². The summed E-state index contributed by atoms with van der Waals surface area (Å²) in [6.45, 7) is 3.91. The Labute approximate surface area is 100 Å². The van der Waals surface area contributed by atoms with Crippen LogP contribution in [0.1, 0.15) is 64.7 Å². The third kappa shape index (κ3) is 5.86. The summed E-state index contributed by atoms with van der Waals surface area (Å²) in [5.41, 5.74) is 0. The molecule has 1 saturated heterocycles. The average molecular weight is 228 g/mol. The summed E-state index contributed by atoms with van der Waals surface area (Å²) >= 11 is 0. The zero-order valence-corrected chi connectivity index (χ0v) is 10.8. The summed E-state index contributed by atoms with van der Waals surface area (Å²) < 4.78 is 5.40. The molecule has 2 unspecified atom stereocenters. The number of hydrogen-bond acceptors (Lipinski definition) is 2. The summed E-state index contributed by atoms with van der Waals surface area (Å²) in [7, 11) is 0. The van der Waals surface area contributed by atoms with Crippen LogP contribution < -0.4 is 0 Å². The van der Waals surface area contributed by atoms with Gasteiger partial charge in [-0.15, -0.1) is 0 Å². The topological polar surface area (TPSA) is 29.5 Å². The lowest BCUT2D eigenvalue weighted by Crippen LogP contribution is -2.28. The van der Waals surface area contributed by atoms with Crippen molar-refractivity contribution in [2.45, 2.75) is 70.8 Å². The van der Waals surface area contributed by atoms with E-state index >= 15 is 0 Å². The smallest absolute Gasteiger partial charge is 0.0590 e. The zero-order valence-electron chi connectivity index (χ0n) is 10.8. The van der Waals surface area contributed by atoms with E-state index in [4.69, 9.17) is 4.74 Å². The van der Waals surface area contributed by atoms with E-state index in [1.807, 2.05) is 0 Å². The van der Waals surface area contributed by atoms with Crippen molar-refractivity contribution in [2.24, 2.45) is 5.92 Å². The summed E-state index contributed by atoms with van der Waals surface area (Å²) in [4.78, 5) is 0. The maximum Gasteiger partial charge on any atom is 0.0590 e. The van der Waals surface area contributed by atoms with Gasteiger partial charge in [0.05, 0.1) is 12.7 Å². The van der Waals surface area contributed by atoms with Crippen LogP contribution in [0.5, 0.6) is 0 Å². The van der Waals surface area contributed by atoms with Crippen molar-refractivity contribution in [3.8, 4) is 0 Å². The van der Waals surface area contributed by atoms with Crippen LogP contribution in [-0.4, -0.2) is 24.4 Å². The van der Waals surface area contributed by atoms with E-state index in [9.17, 15) is 5.11 Å². The van der Waals surface area contributed by atoms with Gasteiger partial charge in [0, 0.05) is 12.5 Å². The van der Waals surface area contributed by atoms with E-state index < -0.39 is 0 Å². The molecule has 1 rings (SSSR count). The lowest BCUT2D eigenvalue weighted by molar-refractivity contribution is -0.0126. The van der Waals surface area contributed by atoms with E-state index in [2.05, 4.69) is 6.92 Å². The van der Waals surface area contributed by atoms with Crippen LogP contribution in [0, 0.1) is 5.92 Å². The van der Waals surface area contributed by atoms with Crippen LogP contribution >= 0.6 is 0 Å². The second-order valence-electron chi connectivity index (χ2n) is 5.10. The van der Waals surface area contributed by atoms with Crippen LogP contribution in [0.4, 0.5) is 0 Å². The molecule has 0 aromatic rings. The SMILES string of the molecule is CCCCCCCCC(O)C1CCCOC1. The lowest BCUT2D eigenvalue weighted by Gasteiger charge is -2.26. The fraction of sp³-hybridized carbons (Fsp3) is 1.00. The van der Waals surface area contributed by atoms with Crippen LogP contribution in [0.25, 0.3) is 0 Å². The molecule has 1 aliphatic rings. The van der Waals surface area contributed by atoms with Gasteiger partial charge in [-0.25, -0.2) is 0 Å². The highest BCUT2D eigenvalue weighted by molar-refractivity contribution is 4.71. The van der Waals surface area contributed by atoms with Crippen molar-refractivity contribution in [3.05, 3.63) is 0 Å². The first-order valence-corrected chi connectivity index (χ1v) is 7.10. The fourth-order valence-corrected chi connectivity index (χ4v) is 2.44. The van der Waals surface area contributed by atoms with Gasteiger partial charge in [0.15, 0.2) is 0 Å². The van der Waals surface area contributed by atoms with Gasteiger partial charge in [0.1, 0.15) is 0 Å². The number of aliphatic hydroxyl groups is 1. The summed E-state index contributed by atoms with van der Waals surface area (Å²) in [5.74, 6) is 0.407. The molecule has 0 aliphatic carbocycles.